The van der Waals surface area contributed by atoms with Gasteiger partial charge in [-0.25, -0.2) is 8.78 Å². The Hall–Kier alpha value is -3.22. The molecule has 4 amide bonds. The Morgan fingerprint density at radius 1 is 1.14 bits per heavy atom. The van der Waals surface area contributed by atoms with Crippen molar-refractivity contribution in [1.82, 2.24) is 5.32 Å². The fraction of sp³-hybridized carbons (Fsp3) is 0.375. The van der Waals surface area contributed by atoms with E-state index in [0.29, 0.717) is 0 Å². The van der Waals surface area contributed by atoms with Crippen LogP contribution in [0.5, 0.6) is 0 Å². The van der Waals surface area contributed by atoms with Crippen LogP contribution in [0.1, 0.15) is 12.0 Å². The first-order chi connectivity index (χ1) is 13.6. The summed E-state index contributed by atoms with van der Waals surface area (Å²) in [6.07, 6.45) is -6.52. The molecule has 4 N–H and O–H groups in total. The lowest BCUT2D eigenvalue weighted by molar-refractivity contribution is -0.138. The number of benzene rings is 1. The molecule has 1 atom stereocenters. The number of carbonyl (C=O) groups is 4. The SMILES string of the molecule is NC(=O)[C@@H](NC(=O)C(F)F)C(=O)Nc1ccc(N2CCOCC2=O)c(C(F)F)c1. The number of morpholine rings is 1. The van der Waals surface area contributed by atoms with Crippen molar-refractivity contribution in [2.24, 2.45) is 5.73 Å². The third-order valence-electron chi connectivity index (χ3n) is 3.84. The summed E-state index contributed by atoms with van der Waals surface area (Å²) in [5, 5.41) is 3.50. The number of primary amides is 1. The summed E-state index contributed by atoms with van der Waals surface area (Å²) in [6, 6.07) is 1.02. The minimum absolute atomic E-state index is 0.0493. The van der Waals surface area contributed by atoms with Crippen LogP contribution in [-0.4, -0.2) is 55.9 Å². The lowest BCUT2D eigenvalue weighted by Gasteiger charge is -2.29. The molecule has 1 saturated heterocycles. The van der Waals surface area contributed by atoms with Gasteiger partial charge >= 0.3 is 6.43 Å². The van der Waals surface area contributed by atoms with Crippen molar-refractivity contribution in [3.8, 4) is 0 Å². The minimum atomic E-state index is -3.50. The van der Waals surface area contributed by atoms with Crippen LogP contribution in [0, 0.1) is 0 Å². The predicted octanol–water partition coefficient (Wildman–Crippen LogP) is 0.161. The molecule has 0 spiro atoms. The van der Waals surface area contributed by atoms with Gasteiger partial charge in [0.15, 0.2) is 6.04 Å². The van der Waals surface area contributed by atoms with E-state index in [1.807, 2.05) is 5.32 Å². The Kier molecular flexibility index (Phi) is 7.09. The largest absolute Gasteiger partial charge is 0.370 e. The van der Waals surface area contributed by atoms with E-state index in [0.717, 1.165) is 23.1 Å². The first-order valence-electron chi connectivity index (χ1n) is 8.10. The molecule has 13 heteroatoms. The monoisotopic (exact) mass is 420 g/mol. The van der Waals surface area contributed by atoms with Gasteiger partial charge in [-0.2, -0.15) is 8.78 Å². The highest BCUT2D eigenvalue weighted by Gasteiger charge is 2.30. The van der Waals surface area contributed by atoms with Gasteiger partial charge in [0.25, 0.3) is 24.1 Å². The quantitative estimate of drug-likeness (QED) is 0.427. The van der Waals surface area contributed by atoms with Crippen molar-refractivity contribution in [3.63, 3.8) is 0 Å². The fourth-order valence-corrected chi connectivity index (χ4v) is 2.51. The summed E-state index contributed by atoms with van der Waals surface area (Å²) >= 11 is 0. The molecule has 1 aromatic rings. The van der Waals surface area contributed by atoms with Crippen LogP contribution < -0.4 is 21.3 Å². The highest BCUT2D eigenvalue weighted by atomic mass is 19.3. The minimum Gasteiger partial charge on any atom is -0.370 e. The zero-order valence-electron chi connectivity index (χ0n) is 14.7. The predicted molar refractivity (Wildman–Crippen MR) is 90.3 cm³/mol. The van der Waals surface area contributed by atoms with Gasteiger partial charge in [-0.15, -0.1) is 0 Å². The van der Waals surface area contributed by atoms with E-state index in [2.05, 4.69) is 0 Å². The zero-order valence-corrected chi connectivity index (χ0v) is 14.7. The Labute approximate surface area is 161 Å². The first-order valence-corrected chi connectivity index (χ1v) is 8.10. The van der Waals surface area contributed by atoms with Gasteiger partial charge in [-0.3, -0.25) is 19.2 Å². The molecule has 0 bridgehead atoms. The summed E-state index contributed by atoms with van der Waals surface area (Å²) in [5.74, 6) is -5.17. The van der Waals surface area contributed by atoms with E-state index in [1.165, 1.54) is 5.32 Å². The lowest BCUT2D eigenvalue weighted by atomic mass is 10.1. The maximum Gasteiger partial charge on any atom is 0.315 e. The van der Waals surface area contributed by atoms with E-state index in [4.69, 9.17) is 10.5 Å². The maximum atomic E-state index is 13.5. The molecule has 0 radical (unpaired) electrons. The molecular formula is C16H16F4N4O5. The van der Waals surface area contributed by atoms with Crippen molar-refractivity contribution in [2.45, 2.75) is 18.9 Å². The molecule has 2 rings (SSSR count). The number of carbonyl (C=O) groups excluding carboxylic acids is 4. The zero-order chi connectivity index (χ0) is 21.7. The highest BCUT2D eigenvalue weighted by Crippen LogP contribution is 2.33. The average Bonchev–Trinajstić information content (AvgIpc) is 2.65. The number of alkyl halides is 4. The maximum absolute atomic E-state index is 13.5. The normalized spacial score (nSPS) is 15.4. The van der Waals surface area contributed by atoms with Gasteiger partial charge in [0.2, 0.25) is 5.91 Å². The summed E-state index contributed by atoms with van der Waals surface area (Å²) in [4.78, 5) is 47.4. The summed E-state index contributed by atoms with van der Waals surface area (Å²) in [6.45, 7) is -0.0734. The molecule has 0 saturated carbocycles. The first kappa shape index (κ1) is 22.1. The third-order valence-corrected chi connectivity index (χ3v) is 3.84. The van der Waals surface area contributed by atoms with Crippen LogP contribution >= 0.6 is 0 Å². The number of hydrogen-bond acceptors (Lipinski definition) is 5. The summed E-state index contributed by atoms with van der Waals surface area (Å²) in [7, 11) is 0. The second kappa shape index (κ2) is 9.32. The highest BCUT2D eigenvalue weighted by molar-refractivity contribution is 6.11. The van der Waals surface area contributed by atoms with Crippen LogP contribution in [0.25, 0.3) is 0 Å². The molecule has 29 heavy (non-hydrogen) atoms. The molecule has 158 valence electrons. The van der Waals surface area contributed by atoms with E-state index in [1.54, 1.807) is 0 Å². The Bertz CT molecular complexity index is 820. The Morgan fingerprint density at radius 2 is 1.83 bits per heavy atom. The molecule has 1 aliphatic rings. The lowest BCUT2D eigenvalue weighted by Crippen LogP contribution is -2.53. The summed E-state index contributed by atoms with van der Waals surface area (Å²) < 4.78 is 56.5. The second-order valence-corrected chi connectivity index (χ2v) is 5.81. The Morgan fingerprint density at radius 3 is 2.38 bits per heavy atom. The molecule has 0 unspecified atom stereocenters. The van der Waals surface area contributed by atoms with E-state index in [-0.39, 0.29) is 31.1 Å². The van der Waals surface area contributed by atoms with Crippen molar-refractivity contribution in [1.29, 1.82) is 0 Å². The number of rotatable bonds is 7. The van der Waals surface area contributed by atoms with E-state index >= 15 is 0 Å². The van der Waals surface area contributed by atoms with E-state index in [9.17, 15) is 36.7 Å². The number of ether oxygens (including phenoxy) is 1. The number of hydrogen-bond donors (Lipinski definition) is 3. The number of anilines is 2. The average molecular weight is 420 g/mol. The van der Waals surface area contributed by atoms with Crippen molar-refractivity contribution < 1.29 is 41.5 Å². The number of halogens is 4. The fourth-order valence-electron chi connectivity index (χ4n) is 2.51. The van der Waals surface area contributed by atoms with Gasteiger partial charge in [0.05, 0.1) is 12.3 Å². The molecule has 1 aliphatic heterocycles. The molecule has 0 aliphatic carbocycles. The standard InChI is InChI=1S/C16H16F4N4O5/c17-12(18)8-5-7(1-2-9(8)24-3-4-29-6-10(24)25)22-15(27)11(14(21)26)23-16(28)13(19)20/h1-2,5,11-13H,3-4,6H2,(H2,21,26)(H,22,27)(H,23,28)/t11-/m1/s1. The number of nitrogens with one attached hydrogen (secondary N) is 2. The van der Waals surface area contributed by atoms with Crippen LogP contribution in [0.4, 0.5) is 28.9 Å². The van der Waals surface area contributed by atoms with Crippen molar-refractivity contribution in [2.75, 3.05) is 30.0 Å². The second-order valence-electron chi connectivity index (χ2n) is 5.81. The van der Waals surface area contributed by atoms with Gasteiger partial charge in [-0.05, 0) is 18.2 Å². The smallest absolute Gasteiger partial charge is 0.315 e. The summed E-state index contributed by atoms with van der Waals surface area (Å²) in [5.41, 5.74) is 4.00. The van der Waals surface area contributed by atoms with Crippen molar-refractivity contribution >= 4 is 35.0 Å². The third kappa shape index (κ3) is 5.40. The van der Waals surface area contributed by atoms with Crippen LogP contribution in [0.3, 0.4) is 0 Å². The van der Waals surface area contributed by atoms with Gasteiger partial charge in [-0.1, -0.05) is 0 Å². The van der Waals surface area contributed by atoms with E-state index < -0.39 is 48.1 Å². The van der Waals surface area contributed by atoms with Crippen molar-refractivity contribution in [3.05, 3.63) is 23.8 Å². The molecule has 1 aromatic carbocycles. The number of amides is 4. The molecule has 1 heterocycles. The van der Waals surface area contributed by atoms with Crippen LogP contribution in [0.15, 0.2) is 18.2 Å². The molecule has 9 nitrogen and oxygen atoms in total. The molecular weight excluding hydrogens is 404 g/mol. The molecule has 0 aromatic heterocycles. The number of nitrogens with two attached hydrogens (primary N) is 1. The topological polar surface area (TPSA) is 131 Å². The molecule has 1 fully saturated rings. The van der Waals surface area contributed by atoms with Gasteiger partial charge < -0.3 is 26.0 Å². The number of nitrogens with zero attached hydrogens (tertiary/aromatic N) is 1. The van der Waals surface area contributed by atoms with Gasteiger partial charge in [0, 0.05) is 17.8 Å². The van der Waals surface area contributed by atoms with Crippen LogP contribution in [-0.2, 0) is 23.9 Å². The Balaban J connectivity index is 2.24. The van der Waals surface area contributed by atoms with Gasteiger partial charge in [0.1, 0.15) is 6.61 Å². The van der Waals surface area contributed by atoms with Crippen LogP contribution in [0.2, 0.25) is 0 Å².